The van der Waals surface area contributed by atoms with Crippen molar-refractivity contribution in [1.29, 1.82) is 0 Å². The molecule has 0 saturated heterocycles. The van der Waals surface area contributed by atoms with Gasteiger partial charge in [-0.3, -0.25) is 9.78 Å². The van der Waals surface area contributed by atoms with Gasteiger partial charge in [-0.2, -0.15) is 0 Å². The minimum absolute atomic E-state index is 0.259. The van der Waals surface area contributed by atoms with E-state index in [0.29, 0.717) is 18.0 Å². The minimum atomic E-state index is -0.449. The number of hydrogen-bond donors (Lipinski definition) is 1. The number of nitrogens with one attached hydrogen (secondary N) is 1. The average Bonchev–Trinajstić information content (AvgIpc) is 2.61. The van der Waals surface area contributed by atoms with Crippen LogP contribution in [0.1, 0.15) is 16.1 Å². The molecule has 3 rings (SSSR count). The molecule has 1 heterocycles. The van der Waals surface area contributed by atoms with Gasteiger partial charge < -0.3 is 10.1 Å². The summed E-state index contributed by atoms with van der Waals surface area (Å²) in [5.74, 6) is -0.218. The Hall–Kier alpha value is -3.21. The normalized spacial score (nSPS) is 10.2. The Morgan fingerprint density at radius 2 is 1.92 bits per heavy atom. The average molecular weight is 322 g/mol. The summed E-state index contributed by atoms with van der Waals surface area (Å²) in [6, 6.07) is 18.2. The highest BCUT2D eigenvalue weighted by Crippen LogP contribution is 2.19. The number of nitrogens with zero attached hydrogens (tertiary/aromatic N) is 1. The van der Waals surface area contributed by atoms with Crippen LogP contribution in [0.4, 0.5) is 10.1 Å². The molecule has 0 spiro atoms. The maximum absolute atomic E-state index is 13.2. The second-order valence-electron chi connectivity index (χ2n) is 5.10. The van der Waals surface area contributed by atoms with Gasteiger partial charge in [0.2, 0.25) is 0 Å². The monoisotopic (exact) mass is 322 g/mol. The van der Waals surface area contributed by atoms with Crippen LogP contribution in [0.2, 0.25) is 0 Å². The first-order chi connectivity index (χ1) is 11.7. The molecule has 0 aliphatic rings. The van der Waals surface area contributed by atoms with E-state index in [-0.39, 0.29) is 11.5 Å². The molecule has 2 aromatic carbocycles. The van der Waals surface area contributed by atoms with E-state index in [1.54, 1.807) is 36.5 Å². The van der Waals surface area contributed by atoms with Gasteiger partial charge in [0.1, 0.15) is 18.2 Å². The molecule has 0 saturated carbocycles. The fourth-order valence-electron chi connectivity index (χ4n) is 2.14. The molecule has 1 aromatic heterocycles. The first-order valence-electron chi connectivity index (χ1n) is 7.40. The first kappa shape index (κ1) is 15.7. The second kappa shape index (κ2) is 7.37. The summed E-state index contributed by atoms with van der Waals surface area (Å²) in [6.45, 7) is 0.335. The van der Waals surface area contributed by atoms with E-state index in [1.165, 1.54) is 18.2 Å². The number of ether oxygens (including phenoxy) is 1. The van der Waals surface area contributed by atoms with Gasteiger partial charge in [-0.25, -0.2) is 4.39 Å². The minimum Gasteiger partial charge on any atom is -0.487 e. The Morgan fingerprint density at radius 1 is 1.04 bits per heavy atom. The number of anilines is 1. The first-order valence-corrected chi connectivity index (χ1v) is 7.40. The van der Waals surface area contributed by atoms with E-state index < -0.39 is 5.82 Å². The van der Waals surface area contributed by atoms with Gasteiger partial charge in [0.05, 0.1) is 5.69 Å². The van der Waals surface area contributed by atoms with E-state index >= 15 is 0 Å². The summed E-state index contributed by atoms with van der Waals surface area (Å²) in [5, 5.41) is 2.72. The number of aromatic nitrogens is 1. The van der Waals surface area contributed by atoms with Crippen molar-refractivity contribution in [2.75, 3.05) is 5.32 Å². The number of benzene rings is 2. The molecule has 120 valence electrons. The molecule has 1 N–H and O–H groups in total. The number of rotatable bonds is 5. The lowest BCUT2D eigenvalue weighted by molar-refractivity contribution is 0.102. The van der Waals surface area contributed by atoms with Crippen molar-refractivity contribution in [2.24, 2.45) is 0 Å². The van der Waals surface area contributed by atoms with E-state index in [1.807, 2.05) is 18.2 Å². The van der Waals surface area contributed by atoms with Crippen molar-refractivity contribution in [3.63, 3.8) is 0 Å². The van der Waals surface area contributed by atoms with Crippen LogP contribution in [-0.2, 0) is 6.61 Å². The lowest BCUT2D eigenvalue weighted by atomic mass is 10.2. The quantitative estimate of drug-likeness (QED) is 0.771. The molecule has 0 aliphatic carbocycles. The van der Waals surface area contributed by atoms with E-state index in [0.717, 1.165) is 5.69 Å². The zero-order valence-electron chi connectivity index (χ0n) is 12.8. The number of carbonyl (C=O) groups excluding carboxylic acids is 1. The number of amides is 1. The largest absolute Gasteiger partial charge is 0.487 e. The molecule has 24 heavy (non-hydrogen) atoms. The van der Waals surface area contributed by atoms with Crippen molar-refractivity contribution in [3.8, 4) is 5.75 Å². The number of carbonyl (C=O) groups is 1. The van der Waals surface area contributed by atoms with Crippen LogP contribution in [0.15, 0.2) is 72.9 Å². The molecule has 0 atom stereocenters. The Balaban J connectivity index is 1.65. The van der Waals surface area contributed by atoms with Gasteiger partial charge in [0.15, 0.2) is 0 Å². The summed E-state index contributed by atoms with van der Waals surface area (Å²) in [4.78, 5) is 16.3. The van der Waals surface area contributed by atoms with E-state index in [2.05, 4.69) is 10.3 Å². The van der Waals surface area contributed by atoms with Crippen LogP contribution in [0.3, 0.4) is 0 Å². The van der Waals surface area contributed by atoms with Gasteiger partial charge in [-0.1, -0.05) is 18.2 Å². The zero-order valence-corrected chi connectivity index (χ0v) is 12.8. The Morgan fingerprint density at radius 3 is 2.71 bits per heavy atom. The van der Waals surface area contributed by atoms with E-state index in [9.17, 15) is 9.18 Å². The Labute approximate surface area is 138 Å². The van der Waals surface area contributed by atoms with Crippen LogP contribution < -0.4 is 10.1 Å². The topological polar surface area (TPSA) is 51.2 Å². The zero-order chi connectivity index (χ0) is 16.8. The number of hydrogen-bond acceptors (Lipinski definition) is 3. The van der Waals surface area contributed by atoms with E-state index in [4.69, 9.17) is 4.74 Å². The molecule has 0 unspecified atom stereocenters. The smallest absolute Gasteiger partial charge is 0.255 e. The van der Waals surface area contributed by atoms with Crippen LogP contribution in [0, 0.1) is 5.82 Å². The van der Waals surface area contributed by atoms with Crippen molar-refractivity contribution < 1.29 is 13.9 Å². The van der Waals surface area contributed by atoms with Crippen LogP contribution in [0.25, 0.3) is 0 Å². The molecule has 0 radical (unpaired) electrons. The summed E-state index contributed by atoms with van der Waals surface area (Å²) in [5.41, 5.74) is 1.64. The summed E-state index contributed by atoms with van der Waals surface area (Å²) < 4.78 is 18.9. The molecular weight excluding hydrogens is 307 g/mol. The van der Waals surface area contributed by atoms with Gasteiger partial charge in [0, 0.05) is 23.5 Å². The van der Waals surface area contributed by atoms with Gasteiger partial charge in [-0.05, 0) is 42.5 Å². The molecular formula is C19H15FN2O2. The van der Waals surface area contributed by atoms with Crippen molar-refractivity contribution in [1.82, 2.24) is 4.98 Å². The van der Waals surface area contributed by atoms with Gasteiger partial charge >= 0.3 is 0 Å². The second-order valence-corrected chi connectivity index (χ2v) is 5.10. The molecule has 5 heteroatoms. The SMILES string of the molecule is O=C(Nc1cccc(OCc2ccccn2)c1)c1cccc(F)c1. The number of pyridine rings is 1. The van der Waals surface area contributed by atoms with Gasteiger partial charge in [0.25, 0.3) is 5.91 Å². The third kappa shape index (κ3) is 4.16. The summed E-state index contributed by atoms with van der Waals surface area (Å²) in [7, 11) is 0. The van der Waals surface area contributed by atoms with Crippen LogP contribution >= 0.6 is 0 Å². The highest BCUT2D eigenvalue weighted by atomic mass is 19.1. The molecule has 0 fully saturated rings. The summed E-state index contributed by atoms with van der Waals surface area (Å²) >= 11 is 0. The van der Waals surface area contributed by atoms with Crippen LogP contribution in [0.5, 0.6) is 5.75 Å². The Bertz CT molecular complexity index is 838. The maximum Gasteiger partial charge on any atom is 0.255 e. The van der Waals surface area contributed by atoms with Gasteiger partial charge in [-0.15, -0.1) is 0 Å². The molecule has 1 amide bonds. The predicted octanol–water partition coefficient (Wildman–Crippen LogP) is 4.05. The van der Waals surface area contributed by atoms with Crippen molar-refractivity contribution in [3.05, 3.63) is 90.0 Å². The lowest BCUT2D eigenvalue weighted by Crippen LogP contribution is -2.12. The molecule has 3 aromatic rings. The molecule has 0 bridgehead atoms. The van der Waals surface area contributed by atoms with Crippen molar-refractivity contribution in [2.45, 2.75) is 6.61 Å². The van der Waals surface area contributed by atoms with Crippen LogP contribution in [-0.4, -0.2) is 10.9 Å². The highest BCUT2D eigenvalue weighted by molar-refractivity contribution is 6.04. The fourth-order valence-corrected chi connectivity index (χ4v) is 2.14. The summed E-state index contributed by atoms with van der Waals surface area (Å²) in [6.07, 6.45) is 1.70. The standard InChI is InChI=1S/C19H15FN2O2/c20-15-6-3-5-14(11-15)19(23)22-16-8-4-9-18(12-16)24-13-17-7-1-2-10-21-17/h1-12H,13H2,(H,22,23). The predicted molar refractivity (Wildman–Crippen MR) is 89.4 cm³/mol. The number of halogens is 1. The lowest BCUT2D eigenvalue weighted by Gasteiger charge is -2.09. The fraction of sp³-hybridized carbons (Fsp3) is 0.0526. The molecule has 4 nitrogen and oxygen atoms in total. The third-order valence-electron chi connectivity index (χ3n) is 3.29. The maximum atomic E-state index is 13.2. The molecule has 0 aliphatic heterocycles. The Kier molecular flexibility index (Phi) is 4.81. The third-order valence-corrected chi connectivity index (χ3v) is 3.29. The highest BCUT2D eigenvalue weighted by Gasteiger charge is 2.07. The van der Waals surface area contributed by atoms with Crippen molar-refractivity contribution >= 4 is 11.6 Å².